The Kier molecular flexibility index (Phi) is 5.46. The zero-order valence-corrected chi connectivity index (χ0v) is 17.6. The number of piperidine rings is 1. The molecule has 2 N–H and O–H groups in total. The second kappa shape index (κ2) is 8.43. The largest absolute Gasteiger partial charge is 0.366 e. The van der Waals surface area contributed by atoms with Crippen LogP contribution in [0.2, 0.25) is 0 Å². The van der Waals surface area contributed by atoms with Gasteiger partial charge in [-0.15, -0.1) is 5.10 Å². The van der Waals surface area contributed by atoms with E-state index in [1.165, 1.54) is 30.5 Å². The van der Waals surface area contributed by atoms with Gasteiger partial charge in [0.2, 0.25) is 5.91 Å². The highest BCUT2D eigenvalue weighted by atomic mass is 19.1. The van der Waals surface area contributed by atoms with E-state index in [9.17, 15) is 13.6 Å². The van der Waals surface area contributed by atoms with E-state index in [1.54, 1.807) is 16.9 Å². The maximum absolute atomic E-state index is 14.0. The first kappa shape index (κ1) is 20.8. The molecule has 1 aromatic heterocycles. The van der Waals surface area contributed by atoms with Gasteiger partial charge in [-0.2, -0.15) is 0 Å². The van der Waals surface area contributed by atoms with Crippen LogP contribution in [0, 0.1) is 11.6 Å². The molecule has 3 aromatic rings. The maximum Gasteiger partial charge on any atom is 0.248 e. The molecule has 3 atom stereocenters. The van der Waals surface area contributed by atoms with Gasteiger partial charge in [0.05, 0.1) is 12.7 Å². The molecule has 32 heavy (non-hydrogen) atoms. The molecule has 1 unspecified atom stereocenters. The number of primary amides is 1. The van der Waals surface area contributed by atoms with E-state index in [4.69, 9.17) is 5.73 Å². The number of nitrogens with two attached hydrogens (primary N) is 1. The number of fused-ring (bicyclic) bond motifs is 2. The summed E-state index contributed by atoms with van der Waals surface area (Å²) in [5.74, 6) is -1.21. The van der Waals surface area contributed by atoms with E-state index < -0.39 is 11.6 Å². The zero-order valence-electron chi connectivity index (χ0n) is 17.6. The Morgan fingerprint density at radius 2 is 1.84 bits per heavy atom. The van der Waals surface area contributed by atoms with Gasteiger partial charge < -0.3 is 5.73 Å². The second-order valence-electron chi connectivity index (χ2n) is 8.77. The van der Waals surface area contributed by atoms with Crippen LogP contribution >= 0.6 is 0 Å². The molecule has 3 heterocycles. The van der Waals surface area contributed by atoms with E-state index in [-0.39, 0.29) is 11.5 Å². The fraction of sp³-hybridized carbons (Fsp3) is 0.375. The number of carbonyl (C=O) groups is 1. The third kappa shape index (κ3) is 4.02. The van der Waals surface area contributed by atoms with Crippen molar-refractivity contribution in [3.8, 4) is 11.3 Å². The quantitative estimate of drug-likeness (QED) is 0.638. The summed E-state index contributed by atoms with van der Waals surface area (Å²) in [6.07, 6.45) is 6.16. The summed E-state index contributed by atoms with van der Waals surface area (Å²) >= 11 is 0. The SMILES string of the molecule is NC(=O)c1cccc(C2C[C@H]3CC[C@@H](C2)N3CCn2cc(-c3ccc(F)cc3F)nn2)c1. The minimum atomic E-state index is -0.641. The van der Waals surface area contributed by atoms with Crippen LogP contribution in [-0.4, -0.2) is 44.4 Å². The molecule has 0 radical (unpaired) electrons. The van der Waals surface area contributed by atoms with Gasteiger partial charge in [0.15, 0.2) is 0 Å². The van der Waals surface area contributed by atoms with Crippen LogP contribution in [0.5, 0.6) is 0 Å². The van der Waals surface area contributed by atoms with Gasteiger partial charge in [0.25, 0.3) is 0 Å². The summed E-state index contributed by atoms with van der Waals surface area (Å²) in [4.78, 5) is 14.1. The van der Waals surface area contributed by atoms with E-state index in [0.29, 0.717) is 35.8 Å². The van der Waals surface area contributed by atoms with E-state index in [0.717, 1.165) is 25.5 Å². The van der Waals surface area contributed by atoms with Crippen LogP contribution in [0.25, 0.3) is 11.3 Å². The predicted molar refractivity (Wildman–Crippen MR) is 116 cm³/mol. The Labute approximate surface area is 185 Å². The predicted octanol–water partition coefficient (Wildman–Crippen LogP) is 3.73. The van der Waals surface area contributed by atoms with Crippen LogP contribution in [0.3, 0.4) is 0 Å². The van der Waals surface area contributed by atoms with E-state index in [2.05, 4.69) is 21.3 Å². The van der Waals surface area contributed by atoms with Crippen LogP contribution in [0.4, 0.5) is 8.78 Å². The van der Waals surface area contributed by atoms with Crippen molar-refractivity contribution in [3.63, 3.8) is 0 Å². The lowest BCUT2D eigenvalue weighted by atomic mass is 9.84. The number of benzene rings is 2. The molecule has 8 heteroatoms. The molecule has 6 nitrogen and oxygen atoms in total. The fourth-order valence-electron chi connectivity index (χ4n) is 5.30. The fourth-order valence-corrected chi connectivity index (χ4v) is 5.30. The zero-order chi connectivity index (χ0) is 22.2. The summed E-state index contributed by atoms with van der Waals surface area (Å²) in [6.45, 7) is 1.50. The molecule has 2 aliphatic rings. The molecular formula is C24H25F2N5O. The molecule has 0 aliphatic carbocycles. The van der Waals surface area contributed by atoms with Gasteiger partial charge in [0.1, 0.15) is 17.3 Å². The Hall–Kier alpha value is -3.13. The smallest absolute Gasteiger partial charge is 0.248 e. The van der Waals surface area contributed by atoms with Crippen molar-refractivity contribution in [1.29, 1.82) is 0 Å². The first-order chi connectivity index (χ1) is 15.5. The van der Waals surface area contributed by atoms with Gasteiger partial charge in [-0.05, 0) is 61.4 Å². The van der Waals surface area contributed by atoms with Crippen molar-refractivity contribution in [3.05, 3.63) is 71.4 Å². The van der Waals surface area contributed by atoms with Crippen LogP contribution < -0.4 is 5.73 Å². The van der Waals surface area contributed by atoms with Crippen LogP contribution in [0.15, 0.2) is 48.7 Å². The molecule has 2 saturated heterocycles. The number of aromatic nitrogens is 3. The molecule has 2 aromatic carbocycles. The molecule has 2 aliphatic heterocycles. The lowest BCUT2D eigenvalue weighted by molar-refractivity contribution is 0.1000. The van der Waals surface area contributed by atoms with Crippen molar-refractivity contribution >= 4 is 5.91 Å². The van der Waals surface area contributed by atoms with Crippen molar-refractivity contribution in [2.45, 2.75) is 50.2 Å². The van der Waals surface area contributed by atoms with Gasteiger partial charge in [-0.3, -0.25) is 14.4 Å². The average molecular weight is 437 g/mol. The molecule has 5 rings (SSSR count). The topological polar surface area (TPSA) is 77.0 Å². The molecule has 166 valence electrons. The standard InChI is InChI=1S/C24H25F2N5O/c25-18-4-7-21(22(26)13-18)23-14-30(29-28-23)8-9-31-19-5-6-20(31)12-17(11-19)15-2-1-3-16(10-15)24(27)32/h1-4,7,10,13-14,17,19-20H,5-6,8-9,11-12H2,(H2,27,32)/t17?,19-,20+. The summed E-state index contributed by atoms with van der Waals surface area (Å²) in [5.41, 5.74) is 7.86. The monoisotopic (exact) mass is 437 g/mol. The first-order valence-electron chi connectivity index (χ1n) is 11.0. The third-order valence-corrected chi connectivity index (χ3v) is 6.86. The molecule has 1 amide bonds. The second-order valence-corrected chi connectivity index (χ2v) is 8.77. The van der Waals surface area contributed by atoms with Gasteiger partial charge in [-0.1, -0.05) is 17.3 Å². The van der Waals surface area contributed by atoms with Crippen molar-refractivity contribution in [2.24, 2.45) is 5.73 Å². The summed E-state index contributed by atoms with van der Waals surface area (Å²) < 4.78 is 28.9. The normalized spacial score (nSPS) is 22.9. The van der Waals surface area contributed by atoms with Crippen LogP contribution in [-0.2, 0) is 6.54 Å². The van der Waals surface area contributed by atoms with Crippen molar-refractivity contribution in [1.82, 2.24) is 19.9 Å². The van der Waals surface area contributed by atoms with Crippen LogP contribution in [0.1, 0.15) is 47.5 Å². The van der Waals surface area contributed by atoms with Crippen molar-refractivity contribution < 1.29 is 13.6 Å². The van der Waals surface area contributed by atoms with Gasteiger partial charge in [-0.25, -0.2) is 8.78 Å². The number of hydrogen-bond acceptors (Lipinski definition) is 4. The first-order valence-corrected chi connectivity index (χ1v) is 11.0. The number of hydrogen-bond donors (Lipinski definition) is 1. The Morgan fingerprint density at radius 1 is 1.06 bits per heavy atom. The third-order valence-electron chi connectivity index (χ3n) is 6.86. The Morgan fingerprint density at radius 3 is 2.56 bits per heavy atom. The average Bonchev–Trinajstić information content (AvgIpc) is 3.33. The lowest BCUT2D eigenvalue weighted by Gasteiger charge is -2.39. The summed E-state index contributed by atoms with van der Waals surface area (Å²) in [5, 5.41) is 8.20. The Bertz CT molecular complexity index is 1130. The minimum absolute atomic E-state index is 0.247. The highest BCUT2D eigenvalue weighted by molar-refractivity contribution is 5.92. The van der Waals surface area contributed by atoms with Crippen molar-refractivity contribution in [2.75, 3.05) is 6.54 Å². The number of amides is 1. The molecule has 2 bridgehead atoms. The van der Waals surface area contributed by atoms with E-state index in [1.807, 2.05) is 12.1 Å². The highest BCUT2D eigenvalue weighted by Gasteiger charge is 2.40. The molecule has 2 fully saturated rings. The number of rotatable bonds is 6. The van der Waals surface area contributed by atoms with E-state index >= 15 is 0 Å². The molecule has 0 saturated carbocycles. The molecule has 0 spiro atoms. The molecular weight excluding hydrogens is 412 g/mol. The van der Waals surface area contributed by atoms with Gasteiger partial charge >= 0.3 is 0 Å². The van der Waals surface area contributed by atoms with Gasteiger partial charge in [0, 0.05) is 35.8 Å². The highest BCUT2D eigenvalue weighted by Crippen LogP contribution is 2.43. The number of halogens is 2. The number of nitrogens with zero attached hydrogens (tertiary/aromatic N) is 4. The lowest BCUT2D eigenvalue weighted by Crippen LogP contribution is -2.43. The maximum atomic E-state index is 14.0. The number of carbonyl (C=O) groups excluding carboxylic acids is 1. The summed E-state index contributed by atoms with van der Waals surface area (Å²) in [7, 11) is 0. The Balaban J connectivity index is 1.23. The summed E-state index contributed by atoms with van der Waals surface area (Å²) in [6, 6.07) is 12.2. The minimum Gasteiger partial charge on any atom is -0.366 e.